The quantitative estimate of drug-likeness (QED) is 0.586. The van der Waals surface area contributed by atoms with Crippen LogP contribution in [0.3, 0.4) is 0 Å². The van der Waals surface area contributed by atoms with Gasteiger partial charge in [0.25, 0.3) is 0 Å². The molecule has 6 nitrogen and oxygen atoms in total. The average molecular weight is 389 g/mol. The fourth-order valence-electron chi connectivity index (χ4n) is 2.17. The minimum absolute atomic E-state index is 0.211. The minimum Gasteiger partial charge on any atom is -0.358 e. The molecule has 132 valence electrons. The molecule has 0 bridgehead atoms. The van der Waals surface area contributed by atoms with Gasteiger partial charge >= 0.3 is 13.8 Å². The maximum absolute atomic E-state index is 12.9. The molecule has 3 aromatic rings. The number of halogens is 3. The zero-order valence-electron chi connectivity index (χ0n) is 12.4. The van der Waals surface area contributed by atoms with Gasteiger partial charge in [0.1, 0.15) is 23.3 Å². The molecule has 0 saturated heterocycles. The molecule has 0 spiro atoms. The standard InChI is InChI=1S/C14H11F3N3O3PS/c15-14(16,17)9-3-1-2-8(4-9)11-5-10-12(20-7-24(21,22)23)18-6-19-13(10)25-11/h1-6H,7H2,(H,18,19,20)(H2,21,22,23). The Labute approximate surface area is 143 Å². The fraction of sp³-hybridized carbons (Fsp3) is 0.143. The Morgan fingerprint density at radius 3 is 2.64 bits per heavy atom. The second kappa shape index (κ2) is 6.38. The van der Waals surface area contributed by atoms with Gasteiger partial charge in [0.05, 0.1) is 10.9 Å². The van der Waals surface area contributed by atoms with Crippen molar-refractivity contribution in [2.75, 3.05) is 11.6 Å². The summed E-state index contributed by atoms with van der Waals surface area (Å²) in [7, 11) is -4.28. The SMILES string of the molecule is O=P(O)(O)CNc1ncnc2sc(-c3cccc(C(F)(F)F)c3)cc12. The van der Waals surface area contributed by atoms with E-state index in [0.717, 1.165) is 23.5 Å². The van der Waals surface area contributed by atoms with Gasteiger partial charge < -0.3 is 15.1 Å². The summed E-state index contributed by atoms with van der Waals surface area (Å²) in [6, 6.07) is 6.50. The lowest BCUT2D eigenvalue weighted by Crippen LogP contribution is -2.04. The lowest BCUT2D eigenvalue weighted by atomic mass is 10.1. The number of nitrogens with zero attached hydrogens (tertiary/aromatic N) is 2. The molecule has 1 aromatic carbocycles. The number of nitrogens with one attached hydrogen (secondary N) is 1. The molecule has 0 aliphatic carbocycles. The highest BCUT2D eigenvalue weighted by Crippen LogP contribution is 2.39. The Kier molecular flexibility index (Phi) is 4.54. The van der Waals surface area contributed by atoms with Gasteiger partial charge in [-0.25, -0.2) is 9.97 Å². The minimum atomic E-state index is -4.44. The Morgan fingerprint density at radius 1 is 1.20 bits per heavy atom. The Bertz CT molecular complexity index is 971. The van der Waals surface area contributed by atoms with Crippen LogP contribution in [0.1, 0.15) is 5.56 Å². The molecule has 0 radical (unpaired) electrons. The number of benzene rings is 1. The van der Waals surface area contributed by atoms with Gasteiger partial charge in [-0.3, -0.25) is 4.57 Å². The van der Waals surface area contributed by atoms with E-state index < -0.39 is 25.6 Å². The van der Waals surface area contributed by atoms with Gasteiger partial charge in [-0.15, -0.1) is 11.3 Å². The normalized spacial score (nSPS) is 12.5. The number of thiophene rings is 1. The Balaban J connectivity index is 2.01. The van der Waals surface area contributed by atoms with Gasteiger partial charge in [-0.05, 0) is 23.8 Å². The molecular formula is C14H11F3N3O3PS. The molecule has 0 aliphatic rings. The van der Waals surface area contributed by atoms with Crippen molar-refractivity contribution < 1.29 is 27.5 Å². The van der Waals surface area contributed by atoms with Crippen LogP contribution < -0.4 is 5.32 Å². The molecule has 0 saturated carbocycles. The largest absolute Gasteiger partial charge is 0.416 e. The molecular weight excluding hydrogens is 378 g/mol. The Hall–Kier alpha value is -2.00. The van der Waals surface area contributed by atoms with Gasteiger partial charge in [0, 0.05) is 4.88 Å². The summed E-state index contributed by atoms with van der Waals surface area (Å²) in [5, 5.41) is 3.02. The number of anilines is 1. The van der Waals surface area contributed by atoms with Crippen LogP contribution in [0, 0.1) is 0 Å². The zero-order valence-corrected chi connectivity index (χ0v) is 14.1. The van der Waals surface area contributed by atoms with Gasteiger partial charge in [0.2, 0.25) is 0 Å². The first kappa shape index (κ1) is 17.8. The molecule has 11 heteroatoms. The van der Waals surface area contributed by atoms with Crippen LogP contribution in [-0.4, -0.2) is 26.0 Å². The number of hydrogen-bond acceptors (Lipinski definition) is 5. The lowest BCUT2D eigenvalue weighted by molar-refractivity contribution is -0.137. The molecule has 2 aromatic heterocycles. The van der Waals surface area contributed by atoms with E-state index in [1.54, 1.807) is 12.1 Å². The van der Waals surface area contributed by atoms with Crippen molar-refractivity contribution in [2.45, 2.75) is 6.18 Å². The van der Waals surface area contributed by atoms with E-state index in [9.17, 15) is 17.7 Å². The number of hydrogen-bond donors (Lipinski definition) is 3. The second-order valence-electron chi connectivity index (χ2n) is 5.13. The van der Waals surface area contributed by atoms with Crippen molar-refractivity contribution >= 4 is 35.0 Å². The first-order valence-corrected chi connectivity index (χ1v) is 9.45. The van der Waals surface area contributed by atoms with Crippen molar-refractivity contribution in [1.29, 1.82) is 0 Å². The molecule has 2 heterocycles. The van der Waals surface area contributed by atoms with Crippen molar-refractivity contribution in [3.05, 3.63) is 42.2 Å². The highest BCUT2D eigenvalue weighted by Gasteiger charge is 2.30. The third-order valence-electron chi connectivity index (χ3n) is 3.26. The molecule has 0 aliphatic heterocycles. The second-order valence-corrected chi connectivity index (χ2v) is 7.81. The summed E-state index contributed by atoms with van der Waals surface area (Å²) in [6.07, 6.45) is -3.83. The number of alkyl halides is 3. The van der Waals surface area contributed by atoms with Crippen LogP contribution in [-0.2, 0) is 10.7 Å². The smallest absolute Gasteiger partial charge is 0.358 e. The van der Waals surface area contributed by atoms with Crippen molar-refractivity contribution in [1.82, 2.24) is 9.97 Å². The van der Waals surface area contributed by atoms with E-state index in [1.165, 1.54) is 12.4 Å². The number of rotatable bonds is 4. The fourth-order valence-corrected chi connectivity index (χ4v) is 3.52. The average Bonchev–Trinajstić information content (AvgIpc) is 2.96. The predicted molar refractivity (Wildman–Crippen MR) is 88.4 cm³/mol. The first-order chi connectivity index (χ1) is 11.6. The summed E-state index contributed by atoms with van der Waals surface area (Å²) in [6.45, 7) is 0. The van der Waals surface area contributed by atoms with E-state index >= 15 is 0 Å². The first-order valence-electron chi connectivity index (χ1n) is 6.84. The summed E-state index contributed by atoms with van der Waals surface area (Å²) in [4.78, 5) is 26.9. The maximum atomic E-state index is 12.9. The third-order valence-corrected chi connectivity index (χ3v) is 4.92. The van der Waals surface area contributed by atoms with Crippen LogP contribution in [0.5, 0.6) is 0 Å². The van der Waals surface area contributed by atoms with E-state index in [4.69, 9.17) is 9.79 Å². The molecule has 0 unspecified atom stereocenters. The summed E-state index contributed by atoms with van der Waals surface area (Å²) < 4.78 is 49.6. The van der Waals surface area contributed by atoms with Crippen LogP contribution in [0.25, 0.3) is 20.7 Å². The lowest BCUT2D eigenvalue weighted by Gasteiger charge is -2.07. The molecule has 0 amide bonds. The molecule has 0 atom stereocenters. The summed E-state index contributed by atoms with van der Waals surface area (Å²) >= 11 is 1.16. The van der Waals surface area contributed by atoms with Gasteiger partial charge in [-0.2, -0.15) is 13.2 Å². The number of aromatic nitrogens is 2. The topological polar surface area (TPSA) is 95.3 Å². The highest BCUT2D eigenvalue weighted by atomic mass is 32.1. The van der Waals surface area contributed by atoms with E-state index in [-0.39, 0.29) is 5.82 Å². The molecule has 25 heavy (non-hydrogen) atoms. The van der Waals surface area contributed by atoms with Crippen molar-refractivity contribution in [3.63, 3.8) is 0 Å². The van der Waals surface area contributed by atoms with Crippen LogP contribution in [0.15, 0.2) is 36.7 Å². The number of fused-ring (bicyclic) bond motifs is 1. The van der Waals surface area contributed by atoms with E-state index in [1.807, 2.05) is 0 Å². The summed E-state index contributed by atoms with van der Waals surface area (Å²) in [5.41, 5.74) is -0.382. The molecule has 0 fully saturated rings. The monoisotopic (exact) mass is 389 g/mol. The molecule has 3 rings (SSSR count). The maximum Gasteiger partial charge on any atom is 0.416 e. The van der Waals surface area contributed by atoms with Crippen LogP contribution >= 0.6 is 18.9 Å². The Morgan fingerprint density at radius 2 is 1.96 bits per heavy atom. The van der Waals surface area contributed by atoms with Crippen LogP contribution in [0.2, 0.25) is 0 Å². The molecule has 3 N–H and O–H groups in total. The third kappa shape index (κ3) is 4.16. The van der Waals surface area contributed by atoms with Gasteiger partial charge in [-0.1, -0.05) is 12.1 Å². The zero-order chi connectivity index (χ0) is 18.2. The van der Waals surface area contributed by atoms with Crippen LogP contribution in [0.4, 0.5) is 19.0 Å². The van der Waals surface area contributed by atoms with Gasteiger partial charge in [0.15, 0.2) is 0 Å². The van der Waals surface area contributed by atoms with E-state index in [0.29, 0.717) is 20.7 Å². The van der Waals surface area contributed by atoms with E-state index in [2.05, 4.69) is 15.3 Å². The van der Waals surface area contributed by atoms with Crippen molar-refractivity contribution in [2.24, 2.45) is 0 Å². The summed E-state index contributed by atoms with van der Waals surface area (Å²) in [5.74, 6) is 0.211. The predicted octanol–water partition coefficient (Wildman–Crippen LogP) is 3.92. The van der Waals surface area contributed by atoms with Crippen molar-refractivity contribution in [3.8, 4) is 10.4 Å². The highest BCUT2D eigenvalue weighted by molar-refractivity contribution is 7.51.